The number of allylic oxidation sites excluding steroid dienone is 1. The first-order chi connectivity index (χ1) is 18.2. The van der Waals surface area contributed by atoms with E-state index in [0.29, 0.717) is 9.41 Å². The highest BCUT2D eigenvalue weighted by Gasteiger charge is 2.36. The number of amides is 1. The number of thiazole rings is 1. The number of aryl methyl sites for hydroxylation is 1. The molecule has 0 bridgehead atoms. The van der Waals surface area contributed by atoms with Gasteiger partial charge in [0.2, 0.25) is 0 Å². The summed E-state index contributed by atoms with van der Waals surface area (Å²) in [6.45, 7) is 1.83. The molecular formula is C25H19N5O4S4. The van der Waals surface area contributed by atoms with Crippen LogP contribution in [-0.4, -0.2) is 18.9 Å². The summed E-state index contributed by atoms with van der Waals surface area (Å²) in [6.07, 6.45) is 1.69. The lowest BCUT2D eigenvalue weighted by molar-refractivity contribution is -0.116. The fourth-order valence-electron chi connectivity index (χ4n) is 3.97. The van der Waals surface area contributed by atoms with Gasteiger partial charge in [0.25, 0.3) is 21.5 Å². The van der Waals surface area contributed by atoms with E-state index in [1.54, 1.807) is 35.7 Å². The molecule has 4 aromatic rings. The molecule has 1 atom stereocenters. The molecule has 38 heavy (non-hydrogen) atoms. The van der Waals surface area contributed by atoms with Crippen LogP contribution in [0, 0.1) is 18.3 Å². The second-order valence-electron chi connectivity index (χ2n) is 8.22. The van der Waals surface area contributed by atoms with Crippen molar-refractivity contribution in [3.63, 3.8) is 0 Å². The SMILES string of the molecule is Cc1ccc(S(=O)(=O)NNC(=O)C2=c3s/c(=C\c4cccs4)c(=O)n3C(N)=C(C#N)C2c2cccs2)cc1. The molecule has 0 saturated heterocycles. The molecule has 192 valence electrons. The predicted molar refractivity (Wildman–Crippen MR) is 149 cm³/mol. The Morgan fingerprint density at radius 3 is 2.47 bits per heavy atom. The minimum absolute atomic E-state index is 0.0223. The third-order valence-electron chi connectivity index (χ3n) is 5.79. The van der Waals surface area contributed by atoms with Crippen LogP contribution in [0.3, 0.4) is 0 Å². The zero-order chi connectivity index (χ0) is 27.0. The first kappa shape index (κ1) is 25.8. The molecule has 0 spiro atoms. The molecule has 0 radical (unpaired) electrons. The van der Waals surface area contributed by atoms with Crippen LogP contribution in [0.5, 0.6) is 0 Å². The lowest BCUT2D eigenvalue weighted by Crippen LogP contribution is -2.46. The highest BCUT2D eigenvalue weighted by Crippen LogP contribution is 2.38. The van der Waals surface area contributed by atoms with E-state index in [9.17, 15) is 23.3 Å². The Bertz CT molecular complexity index is 1890. The number of nitrogens with zero attached hydrogens (tertiary/aromatic N) is 2. The van der Waals surface area contributed by atoms with Crippen molar-refractivity contribution in [2.45, 2.75) is 17.7 Å². The molecule has 0 fully saturated rings. The van der Waals surface area contributed by atoms with E-state index in [0.717, 1.165) is 26.3 Å². The molecule has 5 rings (SSSR count). The molecule has 1 amide bonds. The number of thiophene rings is 2. The van der Waals surface area contributed by atoms with E-state index in [1.807, 2.05) is 24.4 Å². The van der Waals surface area contributed by atoms with E-state index in [4.69, 9.17) is 5.73 Å². The van der Waals surface area contributed by atoms with Crippen molar-refractivity contribution >= 4 is 67.4 Å². The van der Waals surface area contributed by atoms with Crippen LogP contribution in [0.1, 0.15) is 21.2 Å². The van der Waals surface area contributed by atoms with Gasteiger partial charge in [0, 0.05) is 9.75 Å². The van der Waals surface area contributed by atoms with Crippen molar-refractivity contribution in [1.29, 1.82) is 5.26 Å². The zero-order valence-electron chi connectivity index (χ0n) is 19.7. The number of hydrogen-bond acceptors (Lipinski definition) is 9. The van der Waals surface area contributed by atoms with Crippen LogP contribution in [0.2, 0.25) is 0 Å². The highest BCUT2D eigenvalue weighted by atomic mass is 32.2. The van der Waals surface area contributed by atoms with Crippen molar-refractivity contribution in [2.75, 3.05) is 0 Å². The standard InChI is InChI=1S/C25H19N5O4S4/c1-14-6-8-16(9-7-14)38(33,34)29-28-23(31)21-20(18-5-3-11-36-18)17(13-26)22(27)30-24(32)19(37-25(21)30)12-15-4-2-10-35-15/h2-12,20,29H,27H2,1H3,(H,28,31)/b19-12-. The van der Waals surface area contributed by atoms with E-state index in [1.165, 1.54) is 34.8 Å². The smallest absolute Gasteiger partial charge is 0.274 e. The molecule has 1 aliphatic heterocycles. The molecule has 1 aromatic carbocycles. The van der Waals surface area contributed by atoms with Crippen molar-refractivity contribution in [3.05, 3.63) is 99.7 Å². The number of benzene rings is 1. The summed E-state index contributed by atoms with van der Waals surface area (Å²) in [5, 5.41) is 13.7. The molecule has 0 saturated carbocycles. The van der Waals surface area contributed by atoms with Gasteiger partial charge in [-0.3, -0.25) is 19.6 Å². The molecule has 4 heterocycles. The number of hydrazine groups is 1. The molecule has 3 aromatic heterocycles. The average molecular weight is 582 g/mol. The Labute approximate surface area is 229 Å². The van der Waals surface area contributed by atoms with Gasteiger partial charge in [-0.25, -0.2) is 8.42 Å². The van der Waals surface area contributed by atoms with Gasteiger partial charge >= 0.3 is 0 Å². The minimum atomic E-state index is -4.09. The molecule has 13 heteroatoms. The fraction of sp³-hybridized carbons (Fsp3) is 0.0800. The monoisotopic (exact) mass is 581 g/mol. The maximum absolute atomic E-state index is 13.6. The lowest BCUT2D eigenvalue weighted by Gasteiger charge is -2.24. The van der Waals surface area contributed by atoms with E-state index >= 15 is 0 Å². The number of aromatic nitrogens is 1. The number of fused-ring (bicyclic) bond motifs is 1. The molecular weight excluding hydrogens is 563 g/mol. The number of rotatable bonds is 6. The topological polar surface area (TPSA) is 147 Å². The third kappa shape index (κ3) is 4.64. The van der Waals surface area contributed by atoms with Crippen LogP contribution in [0.15, 0.2) is 74.6 Å². The number of carbonyl (C=O) groups is 1. The molecule has 1 unspecified atom stereocenters. The third-order valence-corrected chi connectivity index (χ3v) is 9.92. The van der Waals surface area contributed by atoms with E-state index in [-0.39, 0.29) is 26.5 Å². The van der Waals surface area contributed by atoms with Gasteiger partial charge in [-0.2, -0.15) is 5.26 Å². The van der Waals surface area contributed by atoms with Crippen LogP contribution >= 0.6 is 34.0 Å². The van der Waals surface area contributed by atoms with Gasteiger partial charge in [0.15, 0.2) is 0 Å². The summed E-state index contributed by atoms with van der Waals surface area (Å²) in [5.41, 5.74) is 9.08. The quantitative estimate of drug-likeness (QED) is 0.296. The second-order valence-corrected chi connectivity index (χ2v) is 12.9. The van der Waals surface area contributed by atoms with Crippen molar-refractivity contribution in [2.24, 2.45) is 5.73 Å². The number of sulfonamides is 1. The summed E-state index contributed by atoms with van der Waals surface area (Å²) in [4.78, 5) is 30.6. The normalized spacial score (nSPS) is 15.8. The predicted octanol–water partition coefficient (Wildman–Crippen LogP) is 1.78. The van der Waals surface area contributed by atoms with Gasteiger partial charge in [-0.1, -0.05) is 29.8 Å². The first-order valence-corrected chi connectivity index (χ1v) is 15.1. The Morgan fingerprint density at radius 1 is 1.13 bits per heavy atom. The number of hydrogen-bond donors (Lipinski definition) is 3. The molecule has 0 aliphatic carbocycles. The molecule has 1 aliphatic rings. The fourth-order valence-corrected chi connectivity index (χ4v) is 7.55. The molecule has 4 N–H and O–H groups in total. The lowest BCUT2D eigenvalue weighted by atomic mass is 9.88. The van der Waals surface area contributed by atoms with Gasteiger partial charge in [0.1, 0.15) is 10.5 Å². The zero-order valence-corrected chi connectivity index (χ0v) is 22.9. The summed E-state index contributed by atoms with van der Waals surface area (Å²) < 4.78 is 27.3. The highest BCUT2D eigenvalue weighted by molar-refractivity contribution is 7.89. The summed E-state index contributed by atoms with van der Waals surface area (Å²) >= 11 is 3.81. The Morgan fingerprint density at radius 2 is 1.84 bits per heavy atom. The number of nitrogens with one attached hydrogen (secondary N) is 2. The molecule has 9 nitrogen and oxygen atoms in total. The van der Waals surface area contributed by atoms with Crippen molar-refractivity contribution in [1.82, 2.24) is 14.8 Å². The number of carbonyl (C=O) groups excluding carboxylic acids is 1. The van der Waals surface area contributed by atoms with Gasteiger partial charge in [-0.05, 0) is 48.0 Å². The van der Waals surface area contributed by atoms with Crippen LogP contribution in [0.25, 0.3) is 17.5 Å². The van der Waals surface area contributed by atoms with Gasteiger partial charge < -0.3 is 5.73 Å². The Kier molecular flexibility index (Phi) is 6.91. The second kappa shape index (κ2) is 10.2. The minimum Gasteiger partial charge on any atom is -0.384 e. The van der Waals surface area contributed by atoms with Gasteiger partial charge in [-0.15, -0.1) is 38.8 Å². The Hall–Kier alpha value is -3.80. The largest absolute Gasteiger partial charge is 0.384 e. The summed E-state index contributed by atoms with van der Waals surface area (Å²) in [7, 11) is -4.09. The maximum atomic E-state index is 13.6. The number of nitrogens with two attached hydrogens (primary N) is 1. The van der Waals surface area contributed by atoms with Gasteiger partial charge in [0.05, 0.1) is 32.6 Å². The van der Waals surface area contributed by atoms with Crippen LogP contribution in [0.4, 0.5) is 0 Å². The van der Waals surface area contributed by atoms with Crippen molar-refractivity contribution in [3.8, 4) is 6.07 Å². The Balaban J connectivity index is 1.67. The van der Waals surface area contributed by atoms with E-state index < -0.39 is 27.4 Å². The van der Waals surface area contributed by atoms with Crippen molar-refractivity contribution < 1.29 is 13.2 Å². The summed E-state index contributed by atoms with van der Waals surface area (Å²) in [6, 6.07) is 15.4. The first-order valence-electron chi connectivity index (χ1n) is 11.0. The number of nitriles is 1. The average Bonchev–Trinajstić information content (AvgIpc) is 3.66. The maximum Gasteiger partial charge on any atom is 0.274 e. The van der Waals surface area contributed by atoms with Crippen LogP contribution in [-0.2, 0) is 14.8 Å². The summed E-state index contributed by atoms with van der Waals surface area (Å²) in [5.74, 6) is -1.77. The van der Waals surface area contributed by atoms with E-state index in [2.05, 4.69) is 16.3 Å². The van der Waals surface area contributed by atoms with Crippen LogP contribution < -0.4 is 30.7 Å².